The minimum absolute atomic E-state index is 0.0660. The van der Waals surface area contributed by atoms with E-state index in [1.165, 1.54) is 18.0 Å². The maximum Gasteiger partial charge on any atom is 0.257 e. The Bertz CT molecular complexity index is 1060. The van der Waals surface area contributed by atoms with Gasteiger partial charge in [0.1, 0.15) is 11.6 Å². The summed E-state index contributed by atoms with van der Waals surface area (Å²) in [6.07, 6.45) is 2.59. The lowest BCUT2D eigenvalue weighted by Gasteiger charge is -2.19. The van der Waals surface area contributed by atoms with Crippen molar-refractivity contribution < 1.29 is 29.3 Å². The lowest BCUT2D eigenvalue weighted by atomic mass is 10.1. The van der Waals surface area contributed by atoms with Crippen LogP contribution in [0.25, 0.3) is 10.9 Å². The highest BCUT2D eigenvalue weighted by molar-refractivity contribution is 7.98. The number of hydrogen-bond acceptors (Lipinski definition) is 8. The third-order valence-corrected chi connectivity index (χ3v) is 5.76. The maximum atomic E-state index is 13.1. The Morgan fingerprint density at radius 3 is 2.66 bits per heavy atom. The molecule has 0 bridgehead atoms. The van der Waals surface area contributed by atoms with E-state index in [0.29, 0.717) is 41.1 Å². The molecule has 0 aliphatic carbocycles. The number of rotatable bonds is 10. The summed E-state index contributed by atoms with van der Waals surface area (Å²) in [6.45, 7) is 1.82. The van der Waals surface area contributed by atoms with Gasteiger partial charge in [0, 0.05) is 25.4 Å². The van der Waals surface area contributed by atoms with Gasteiger partial charge >= 0.3 is 0 Å². The first kappa shape index (κ1) is 23.9. The Kier molecular flexibility index (Phi) is 7.99. The van der Waals surface area contributed by atoms with Crippen LogP contribution in [0.15, 0.2) is 23.1 Å². The molecule has 2 atom stereocenters. The largest absolute Gasteiger partial charge is 0.454 e. The summed E-state index contributed by atoms with van der Waals surface area (Å²) in [4.78, 5) is 38.7. The average molecular weight is 466 g/mol. The number of aromatic nitrogens is 1. The van der Waals surface area contributed by atoms with Gasteiger partial charge in [-0.3, -0.25) is 14.4 Å². The molecule has 1 aromatic carbocycles. The molecule has 2 unspecified atom stereocenters. The number of aliphatic hydroxyl groups is 2. The molecule has 0 saturated heterocycles. The summed E-state index contributed by atoms with van der Waals surface area (Å²) in [6, 6.07) is 2.38. The van der Waals surface area contributed by atoms with E-state index >= 15 is 0 Å². The van der Waals surface area contributed by atoms with Gasteiger partial charge in [0.25, 0.3) is 5.91 Å². The fourth-order valence-electron chi connectivity index (χ4n) is 3.35. The molecule has 10 nitrogen and oxygen atoms in total. The molecule has 0 radical (unpaired) electrons. The SMILES string of the molecule is CCn1cc(C(=O)NC(CCSC)C(=O)NCC(O)CO)c(=O)c2cc3c(cc21)OCO3. The average Bonchev–Trinajstić information content (AvgIpc) is 3.26. The van der Waals surface area contributed by atoms with Crippen LogP contribution in [0.2, 0.25) is 0 Å². The lowest BCUT2D eigenvalue weighted by Crippen LogP contribution is -2.49. The second kappa shape index (κ2) is 10.7. The van der Waals surface area contributed by atoms with Gasteiger partial charge in [0.15, 0.2) is 11.5 Å². The summed E-state index contributed by atoms with van der Waals surface area (Å²) in [5.74, 6) is 0.409. The number of amides is 2. The van der Waals surface area contributed by atoms with E-state index < -0.39 is 36.0 Å². The summed E-state index contributed by atoms with van der Waals surface area (Å²) < 4.78 is 12.5. The van der Waals surface area contributed by atoms with Crippen molar-refractivity contribution in [2.24, 2.45) is 0 Å². The number of carbonyl (C=O) groups excluding carboxylic acids is 2. The van der Waals surface area contributed by atoms with E-state index in [9.17, 15) is 19.5 Å². The predicted molar refractivity (Wildman–Crippen MR) is 120 cm³/mol. The van der Waals surface area contributed by atoms with E-state index in [2.05, 4.69) is 10.6 Å². The van der Waals surface area contributed by atoms with Crippen molar-refractivity contribution in [2.75, 3.05) is 32.0 Å². The third kappa shape index (κ3) is 5.17. The quantitative estimate of drug-likeness (QED) is 0.387. The summed E-state index contributed by atoms with van der Waals surface area (Å²) in [7, 11) is 0. The van der Waals surface area contributed by atoms with Gasteiger partial charge < -0.3 is 34.9 Å². The number of hydrogen-bond donors (Lipinski definition) is 4. The molecule has 174 valence electrons. The highest BCUT2D eigenvalue weighted by atomic mass is 32.2. The lowest BCUT2D eigenvalue weighted by molar-refractivity contribution is -0.123. The number of pyridine rings is 1. The van der Waals surface area contributed by atoms with Crippen LogP contribution in [0.4, 0.5) is 0 Å². The molecule has 2 amide bonds. The summed E-state index contributed by atoms with van der Waals surface area (Å²) in [5.41, 5.74) is 0.0590. The smallest absolute Gasteiger partial charge is 0.257 e. The molecule has 3 rings (SSSR count). The first-order valence-corrected chi connectivity index (χ1v) is 11.6. The van der Waals surface area contributed by atoms with Crippen LogP contribution in [0.3, 0.4) is 0 Å². The van der Waals surface area contributed by atoms with E-state index in [-0.39, 0.29) is 18.9 Å². The van der Waals surface area contributed by atoms with Gasteiger partial charge in [-0.15, -0.1) is 0 Å². The molecular formula is C21H27N3O7S. The Labute approximate surface area is 188 Å². The van der Waals surface area contributed by atoms with Gasteiger partial charge in [0.05, 0.1) is 23.6 Å². The first-order valence-electron chi connectivity index (χ1n) is 10.2. The van der Waals surface area contributed by atoms with Crippen molar-refractivity contribution in [1.82, 2.24) is 15.2 Å². The zero-order valence-electron chi connectivity index (χ0n) is 17.9. The van der Waals surface area contributed by atoms with E-state index in [0.717, 1.165) is 0 Å². The Morgan fingerprint density at radius 1 is 1.28 bits per heavy atom. The molecule has 1 aromatic heterocycles. The molecule has 0 spiro atoms. The Hall–Kier alpha value is -2.76. The molecule has 11 heteroatoms. The van der Waals surface area contributed by atoms with Crippen LogP contribution >= 0.6 is 11.8 Å². The zero-order chi connectivity index (χ0) is 23.3. The van der Waals surface area contributed by atoms with Crippen molar-refractivity contribution in [2.45, 2.75) is 32.0 Å². The number of nitrogens with one attached hydrogen (secondary N) is 2. The van der Waals surface area contributed by atoms with Crippen molar-refractivity contribution in [3.63, 3.8) is 0 Å². The molecule has 1 aliphatic heterocycles. The molecule has 0 saturated carbocycles. The topological polar surface area (TPSA) is 139 Å². The highest BCUT2D eigenvalue weighted by Crippen LogP contribution is 2.35. The molecule has 0 fully saturated rings. The first-order chi connectivity index (χ1) is 15.4. The molecule has 2 aromatic rings. The predicted octanol–water partition coefficient (Wildman–Crippen LogP) is 0.0710. The number of carbonyl (C=O) groups is 2. The van der Waals surface area contributed by atoms with Gasteiger partial charge in [-0.05, 0) is 31.4 Å². The summed E-state index contributed by atoms with van der Waals surface area (Å²) in [5, 5.41) is 23.9. The van der Waals surface area contributed by atoms with Crippen LogP contribution in [0, 0.1) is 0 Å². The van der Waals surface area contributed by atoms with Gasteiger partial charge in [-0.1, -0.05) is 0 Å². The molecule has 32 heavy (non-hydrogen) atoms. The van der Waals surface area contributed by atoms with Crippen LogP contribution in [-0.2, 0) is 11.3 Å². The second-order valence-electron chi connectivity index (χ2n) is 7.27. The van der Waals surface area contributed by atoms with E-state index in [4.69, 9.17) is 14.6 Å². The number of ether oxygens (including phenoxy) is 2. The van der Waals surface area contributed by atoms with E-state index in [1.807, 2.05) is 13.2 Å². The minimum Gasteiger partial charge on any atom is -0.454 e. The normalized spacial score (nSPS) is 14.2. The monoisotopic (exact) mass is 465 g/mol. The number of benzene rings is 1. The van der Waals surface area contributed by atoms with Crippen LogP contribution < -0.4 is 25.5 Å². The van der Waals surface area contributed by atoms with Crippen LogP contribution in [-0.4, -0.2) is 70.7 Å². The second-order valence-corrected chi connectivity index (χ2v) is 8.26. The van der Waals surface area contributed by atoms with Crippen LogP contribution in [0.1, 0.15) is 23.7 Å². The summed E-state index contributed by atoms with van der Waals surface area (Å²) >= 11 is 1.51. The number of aryl methyl sites for hydroxylation is 1. The fourth-order valence-corrected chi connectivity index (χ4v) is 3.82. The van der Waals surface area contributed by atoms with Gasteiger partial charge in [0.2, 0.25) is 18.1 Å². The zero-order valence-corrected chi connectivity index (χ0v) is 18.7. The van der Waals surface area contributed by atoms with Crippen molar-refractivity contribution in [3.05, 3.63) is 34.1 Å². The molecular weight excluding hydrogens is 438 g/mol. The third-order valence-electron chi connectivity index (χ3n) is 5.11. The standard InChI is InChI=1S/C21H27N3O7S/c1-3-24-9-14(19(27)13-6-17-18(7-16(13)24)31-11-30-17)20(28)23-15(4-5-32-2)21(29)22-8-12(26)10-25/h6-7,9,12,15,25-26H,3-5,8,10-11H2,1-2H3,(H,22,29)(H,23,28). The maximum absolute atomic E-state index is 13.1. The fraction of sp³-hybridized carbons (Fsp3) is 0.476. The van der Waals surface area contributed by atoms with E-state index in [1.54, 1.807) is 16.7 Å². The van der Waals surface area contributed by atoms with Crippen molar-refractivity contribution in [1.29, 1.82) is 0 Å². The number of thioether (sulfide) groups is 1. The number of fused-ring (bicyclic) bond motifs is 2. The van der Waals surface area contributed by atoms with Crippen LogP contribution in [0.5, 0.6) is 11.5 Å². The van der Waals surface area contributed by atoms with Crippen molar-refractivity contribution >= 4 is 34.5 Å². The molecule has 2 heterocycles. The molecule has 1 aliphatic rings. The van der Waals surface area contributed by atoms with Gasteiger partial charge in [-0.25, -0.2) is 0 Å². The number of aliphatic hydroxyl groups excluding tert-OH is 2. The molecule has 4 N–H and O–H groups in total. The van der Waals surface area contributed by atoms with Gasteiger partial charge in [-0.2, -0.15) is 11.8 Å². The minimum atomic E-state index is -1.10. The number of nitrogens with zero attached hydrogens (tertiary/aromatic N) is 1. The Balaban J connectivity index is 1.89. The highest BCUT2D eigenvalue weighted by Gasteiger charge is 2.25. The van der Waals surface area contributed by atoms with Crippen molar-refractivity contribution in [3.8, 4) is 11.5 Å². The Morgan fingerprint density at radius 2 is 2.00 bits per heavy atom.